The number of nitrogens with zero attached hydrogens (tertiary/aromatic N) is 3. The molecule has 28 heavy (non-hydrogen) atoms. The summed E-state index contributed by atoms with van der Waals surface area (Å²) in [6.45, 7) is 0.301. The highest BCUT2D eigenvalue weighted by atomic mass is 16.6. The molecule has 1 aliphatic heterocycles. The Kier molecular flexibility index (Phi) is 3.80. The second-order valence-corrected chi connectivity index (χ2v) is 8.82. The van der Waals surface area contributed by atoms with Gasteiger partial charge in [0.2, 0.25) is 0 Å². The first-order chi connectivity index (χ1) is 13.5. The zero-order chi connectivity index (χ0) is 19.5. The van der Waals surface area contributed by atoms with Gasteiger partial charge in [-0.1, -0.05) is 10.3 Å². The van der Waals surface area contributed by atoms with E-state index in [9.17, 15) is 4.79 Å². The van der Waals surface area contributed by atoms with Crippen LogP contribution in [0.2, 0.25) is 0 Å². The van der Waals surface area contributed by atoms with Crippen LogP contribution >= 0.6 is 0 Å². The van der Waals surface area contributed by atoms with E-state index < -0.39 is 5.91 Å². The highest BCUT2D eigenvalue weighted by Gasteiger charge is 2.61. The van der Waals surface area contributed by atoms with Gasteiger partial charge < -0.3 is 21.2 Å². The number of H-pyrrole nitrogens is 1. The van der Waals surface area contributed by atoms with Crippen molar-refractivity contribution in [2.75, 3.05) is 11.9 Å². The molecule has 2 heterocycles. The number of hydrazine groups is 1. The Morgan fingerprint density at radius 2 is 2.04 bits per heavy atom. The molecule has 10 heteroatoms. The number of amides is 1. The van der Waals surface area contributed by atoms with Crippen molar-refractivity contribution in [1.82, 2.24) is 9.99 Å². The first kappa shape index (κ1) is 17.7. The number of carbonyl (C=O) groups excluding carboxylic acids is 1. The van der Waals surface area contributed by atoms with Gasteiger partial charge in [-0.15, -0.1) is 0 Å². The first-order valence-corrected chi connectivity index (χ1v) is 9.72. The lowest BCUT2D eigenvalue weighted by molar-refractivity contribution is -0.195. The van der Waals surface area contributed by atoms with Crippen LogP contribution in [0.25, 0.3) is 5.70 Å². The van der Waals surface area contributed by atoms with E-state index in [0.717, 1.165) is 43.5 Å². The van der Waals surface area contributed by atoms with Gasteiger partial charge in [0, 0.05) is 24.7 Å². The Balaban J connectivity index is 1.61. The standard InChI is InChI=1S/C18H26N8O2/c19-25-24-16(27)13-8-23-15-12(1-2-22-15)14(13)26(20)17-4-10-3-11(5-17)7-18(6-10,9-17)28-21/h1-2,10-11,22-23H,3-9,20-21H2,(H2,19,24,27). The van der Waals surface area contributed by atoms with Crippen molar-refractivity contribution >= 4 is 17.4 Å². The summed E-state index contributed by atoms with van der Waals surface area (Å²) < 4.78 is 0. The number of nitrogens with two attached hydrogens (primary N) is 3. The summed E-state index contributed by atoms with van der Waals surface area (Å²) in [7, 11) is 0. The normalized spacial score (nSPS) is 35.9. The molecule has 1 amide bonds. The van der Waals surface area contributed by atoms with Gasteiger partial charge in [-0.2, -0.15) is 0 Å². The molecule has 4 bridgehead atoms. The zero-order valence-electron chi connectivity index (χ0n) is 15.6. The molecule has 4 aliphatic carbocycles. The molecule has 6 rings (SSSR count). The largest absolute Gasteiger partial charge is 0.367 e. The quantitative estimate of drug-likeness (QED) is 0.295. The van der Waals surface area contributed by atoms with Crippen LogP contribution in [0.3, 0.4) is 0 Å². The fraction of sp³-hybridized carbons (Fsp3) is 0.611. The van der Waals surface area contributed by atoms with Crippen molar-refractivity contribution in [3.8, 4) is 0 Å². The molecule has 1 aromatic heterocycles. The smallest absolute Gasteiger partial charge is 0.297 e. The van der Waals surface area contributed by atoms with Gasteiger partial charge in [-0.25, -0.2) is 11.7 Å². The van der Waals surface area contributed by atoms with Crippen LogP contribution in [-0.2, 0) is 9.63 Å². The maximum atomic E-state index is 12.6. The van der Waals surface area contributed by atoms with Crippen LogP contribution < -0.4 is 22.9 Å². The van der Waals surface area contributed by atoms with Crippen LogP contribution in [0, 0.1) is 11.8 Å². The van der Waals surface area contributed by atoms with Gasteiger partial charge in [0.25, 0.3) is 5.91 Å². The van der Waals surface area contributed by atoms with E-state index in [-0.39, 0.29) is 11.1 Å². The van der Waals surface area contributed by atoms with E-state index in [4.69, 9.17) is 22.4 Å². The molecule has 5 aliphatic rings. The summed E-state index contributed by atoms with van der Waals surface area (Å²) >= 11 is 0. The lowest BCUT2D eigenvalue weighted by atomic mass is 9.50. The molecular weight excluding hydrogens is 360 g/mol. The molecule has 2 unspecified atom stereocenters. The molecule has 8 N–H and O–H groups in total. The van der Waals surface area contributed by atoms with Crippen LogP contribution in [-0.4, -0.2) is 33.6 Å². The average molecular weight is 386 g/mol. The van der Waals surface area contributed by atoms with E-state index in [1.807, 2.05) is 17.3 Å². The zero-order valence-corrected chi connectivity index (χ0v) is 15.6. The van der Waals surface area contributed by atoms with Crippen LogP contribution in [0.15, 0.2) is 28.2 Å². The van der Waals surface area contributed by atoms with Crippen molar-refractivity contribution < 1.29 is 9.63 Å². The molecular formula is C18H26N8O2. The van der Waals surface area contributed by atoms with Crippen molar-refractivity contribution in [2.45, 2.75) is 49.7 Å². The van der Waals surface area contributed by atoms with Gasteiger partial charge in [0.15, 0.2) is 0 Å². The highest BCUT2D eigenvalue weighted by molar-refractivity contribution is 6.04. The molecule has 0 spiro atoms. The predicted octanol–water partition coefficient (Wildman–Crippen LogP) is 1.16. The Morgan fingerprint density at radius 1 is 1.29 bits per heavy atom. The van der Waals surface area contributed by atoms with E-state index in [1.165, 1.54) is 6.42 Å². The fourth-order valence-electron chi connectivity index (χ4n) is 6.49. The van der Waals surface area contributed by atoms with Crippen molar-refractivity contribution in [1.29, 1.82) is 0 Å². The summed E-state index contributed by atoms with van der Waals surface area (Å²) in [4.78, 5) is 21.3. The Labute approximate surface area is 162 Å². The van der Waals surface area contributed by atoms with E-state index in [2.05, 4.69) is 20.6 Å². The predicted molar refractivity (Wildman–Crippen MR) is 102 cm³/mol. The minimum absolute atomic E-state index is 0.296. The number of nitrogens with one attached hydrogen (secondary N) is 2. The minimum atomic E-state index is -0.484. The Bertz CT molecular complexity index is 861. The number of rotatable bonds is 4. The topological polar surface area (TPSA) is 160 Å². The van der Waals surface area contributed by atoms with E-state index >= 15 is 0 Å². The van der Waals surface area contributed by atoms with Crippen molar-refractivity contribution in [2.24, 2.45) is 39.8 Å². The second kappa shape index (κ2) is 6.03. The number of fused-ring (bicyclic) bond motifs is 1. The molecule has 10 nitrogen and oxygen atoms in total. The lowest BCUT2D eigenvalue weighted by Crippen LogP contribution is -2.67. The second-order valence-electron chi connectivity index (χ2n) is 8.82. The third-order valence-electron chi connectivity index (χ3n) is 7.12. The number of carbonyl (C=O) groups is 1. The number of hydrogen-bond donors (Lipinski definition) is 5. The lowest BCUT2D eigenvalue weighted by Gasteiger charge is -2.63. The Hall–Kier alpha value is -2.43. The fourth-order valence-corrected chi connectivity index (χ4v) is 6.49. The van der Waals surface area contributed by atoms with Gasteiger partial charge >= 0.3 is 0 Å². The molecule has 4 saturated carbocycles. The molecule has 0 saturated heterocycles. The average Bonchev–Trinajstić information content (AvgIpc) is 3.14. The Morgan fingerprint density at radius 3 is 2.71 bits per heavy atom. The summed E-state index contributed by atoms with van der Waals surface area (Å²) in [5, 5.41) is 11.7. The van der Waals surface area contributed by atoms with E-state index in [1.54, 1.807) is 0 Å². The van der Waals surface area contributed by atoms with Crippen LogP contribution in [0.1, 0.15) is 44.1 Å². The third-order valence-corrected chi connectivity index (χ3v) is 7.12. The number of hydrogen-bond acceptors (Lipinski definition) is 7. The monoisotopic (exact) mass is 386 g/mol. The van der Waals surface area contributed by atoms with Crippen LogP contribution in [0.5, 0.6) is 0 Å². The number of anilines is 1. The molecule has 0 radical (unpaired) electrons. The first-order valence-electron chi connectivity index (χ1n) is 9.72. The molecule has 1 aromatic rings. The van der Waals surface area contributed by atoms with Gasteiger partial charge in [0.1, 0.15) is 5.82 Å². The van der Waals surface area contributed by atoms with Gasteiger partial charge in [-0.05, 0) is 50.0 Å². The summed E-state index contributed by atoms with van der Waals surface area (Å²) in [5.74, 6) is 19.1. The summed E-state index contributed by atoms with van der Waals surface area (Å²) in [6, 6.07) is 1.92. The molecule has 2 atom stereocenters. The maximum Gasteiger partial charge on any atom is 0.297 e. The SMILES string of the molecule is NN=NC(=O)C1=C(N(N)C23CC4CC(CC(ON)(C4)C2)C3)c2cc[nH]c2NC1. The third kappa shape index (κ3) is 2.41. The highest BCUT2D eigenvalue weighted by Crippen LogP contribution is 2.61. The van der Waals surface area contributed by atoms with Crippen molar-refractivity contribution in [3.63, 3.8) is 0 Å². The van der Waals surface area contributed by atoms with Gasteiger partial charge in [0.05, 0.1) is 22.4 Å². The summed E-state index contributed by atoms with van der Waals surface area (Å²) in [5.41, 5.74) is 1.37. The van der Waals surface area contributed by atoms with Crippen molar-refractivity contribution in [3.05, 3.63) is 23.4 Å². The van der Waals surface area contributed by atoms with E-state index in [0.29, 0.717) is 29.7 Å². The molecule has 4 fully saturated rings. The molecule has 0 aromatic carbocycles. The van der Waals surface area contributed by atoms with Crippen LogP contribution in [0.4, 0.5) is 5.82 Å². The number of aromatic nitrogens is 1. The number of aromatic amines is 1. The van der Waals surface area contributed by atoms with Gasteiger partial charge in [-0.3, -0.25) is 9.63 Å². The summed E-state index contributed by atoms with van der Waals surface area (Å²) in [6.07, 6.45) is 7.70. The minimum Gasteiger partial charge on any atom is -0.367 e. The maximum absolute atomic E-state index is 12.6. The molecule has 150 valence electrons.